The number of urea groups is 1. The topological polar surface area (TPSA) is 47.6 Å². The first-order valence-corrected chi connectivity index (χ1v) is 12.8. The predicted molar refractivity (Wildman–Crippen MR) is 121 cm³/mol. The number of rotatable bonds is 6. The number of hydrogen-bond acceptors (Lipinski definition) is 5. The molecular weight excluding hydrogens is 388 g/mol. The standard InChI is InChI=1S/C21H32N4OS2/c1-27-20-4-2-3-18(12-20)23-21(26)22-13-19-11-16-5-6-25(19)15-17(16)14-24-7-9-28-10-8-24/h2-4,12,16-17,19H,5-11,13-15H2,1H3,(H2,22,23,26)/t16-,17-,19+/m0/s1. The number of carbonyl (C=O) groups excluding carboxylic acids is 1. The third-order valence-electron chi connectivity index (χ3n) is 6.44. The van der Waals surface area contributed by atoms with Crippen LogP contribution in [-0.4, -0.2) is 78.9 Å². The van der Waals surface area contributed by atoms with E-state index in [1.165, 1.54) is 57.1 Å². The molecule has 0 aliphatic carbocycles. The first kappa shape index (κ1) is 20.4. The number of thioether (sulfide) groups is 2. The van der Waals surface area contributed by atoms with Crippen LogP contribution in [0.1, 0.15) is 12.8 Å². The lowest BCUT2D eigenvalue weighted by Gasteiger charge is -2.51. The molecule has 0 saturated carbocycles. The highest BCUT2D eigenvalue weighted by atomic mass is 32.2. The molecule has 0 radical (unpaired) electrons. The van der Waals surface area contributed by atoms with Crippen LogP contribution in [0.3, 0.4) is 0 Å². The van der Waals surface area contributed by atoms with Gasteiger partial charge >= 0.3 is 6.03 Å². The fraction of sp³-hybridized carbons (Fsp3) is 0.667. The Morgan fingerprint density at radius 2 is 2.14 bits per heavy atom. The average molecular weight is 421 g/mol. The minimum atomic E-state index is -0.0942. The second-order valence-corrected chi connectivity index (χ2v) is 10.3. The maximum absolute atomic E-state index is 12.3. The Kier molecular flexibility index (Phi) is 7.09. The van der Waals surface area contributed by atoms with Crippen LogP contribution in [0.25, 0.3) is 0 Å². The largest absolute Gasteiger partial charge is 0.336 e. The van der Waals surface area contributed by atoms with Crippen molar-refractivity contribution in [2.75, 3.05) is 62.3 Å². The van der Waals surface area contributed by atoms with Crippen LogP contribution in [0.5, 0.6) is 0 Å². The second-order valence-electron chi connectivity index (χ2n) is 8.17. The van der Waals surface area contributed by atoms with E-state index >= 15 is 0 Å². The molecule has 2 bridgehead atoms. The zero-order chi connectivity index (χ0) is 19.3. The minimum Gasteiger partial charge on any atom is -0.336 e. The second kappa shape index (κ2) is 9.74. The number of amides is 2. The van der Waals surface area contributed by atoms with Gasteiger partial charge in [-0.3, -0.25) is 4.90 Å². The first-order chi connectivity index (χ1) is 13.7. The summed E-state index contributed by atoms with van der Waals surface area (Å²) >= 11 is 3.77. The molecule has 4 fully saturated rings. The molecule has 2 N–H and O–H groups in total. The van der Waals surface area contributed by atoms with Crippen molar-refractivity contribution in [3.63, 3.8) is 0 Å². The van der Waals surface area contributed by atoms with E-state index in [-0.39, 0.29) is 6.03 Å². The molecule has 1 unspecified atom stereocenters. The van der Waals surface area contributed by atoms with Crippen molar-refractivity contribution in [1.29, 1.82) is 0 Å². The number of hydrogen-bond donors (Lipinski definition) is 2. The predicted octanol–water partition coefficient (Wildman–Crippen LogP) is 3.29. The SMILES string of the molecule is CSc1cccc(NC(=O)NC[C@H]2C[C@@H]3CCN2C[C@@H]3CN2CCSCC2)c1. The van der Waals surface area contributed by atoms with Crippen LogP contribution < -0.4 is 10.6 Å². The summed E-state index contributed by atoms with van der Waals surface area (Å²) in [6.07, 6.45) is 4.61. The van der Waals surface area contributed by atoms with Crippen LogP contribution >= 0.6 is 23.5 Å². The average Bonchev–Trinajstić information content (AvgIpc) is 2.74. The number of carbonyl (C=O) groups is 1. The van der Waals surface area contributed by atoms with Crippen molar-refractivity contribution in [3.05, 3.63) is 24.3 Å². The molecular formula is C21H32N4OS2. The lowest BCUT2D eigenvalue weighted by atomic mass is 9.75. The van der Waals surface area contributed by atoms with E-state index in [1.807, 2.05) is 24.5 Å². The summed E-state index contributed by atoms with van der Waals surface area (Å²) in [6, 6.07) is 8.39. The van der Waals surface area contributed by atoms with Gasteiger partial charge in [-0.05, 0) is 55.7 Å². The van der Waals surface area contributed by atoms with Crippen molar-refractivity contribution < 1.29 is 4.79 Å². The molecule has 5 rings (SSSR count). The van der Waals surface area contributed by atoms with Crippen LogP contribution in [0.4, 0.5) is 10.5 Å². The van der Waals surface area contributed by atoms with E-state index in [0.717, 1.165) is 29.0 Å². The van der Waals surface area contributed by atoms with E-state index in [0.29, 0.717) is 6.04 Å². The zero-order valence-electron chi connectivity index (χ0n) is 16.7. The molecule has 4 saturated heterocycles. The van der Waals surface area contributed by atoms with E-state index in [2.05, 4.69) is 38.3 Å². The monoisotopic (exact) mass is 420 g/mol. The molecule has 7 heteroatoms. The Bertz CT molecular complexity index is 668. The van der Waals surface area contributed by atoms with Gasteiger partial charge in [0.05, 0.1) is 0 Å². The third-order valence-corrected chi connectivity index (χ3v) is 8.10. The van der Waals surface area contributed by atoms with Crippen LogP contribution in [0.2, 0.25) is 0 Å². The van der Waals surface area contributed by atoms with Gasteiger partial charge in [0, 0.05) is 60.9 Å². The zero-order valence-corrected chi connectivity index (χ0v) is 18.4. The maximum Gasteiger partial charge on any atom is 0.319 e. The number of benzene rings is 1. The molecule has 4 aliphatic heterocycles. The molecule has 0 spiro atoms. The molecule has 4 heterocycles. The summed E-state index contributed by atoms with van der Waals surface area (Å²) < 4.78 is 0. The summed E-state index contributed by atoms with van der Waals surface area (Å²) in [6.45, 7) is 6.94. The van der Waals surface area contributed by atoms with Crippen LogP contribution in [-0.2, 0) is 0 Å². The van der Waals surface area contributed by atoms with Crippen molar-refractivity contribution in [3.8, 4) is 0 Å². The van der Waals surface area contributed by atoms with E-state index < -0.39 is 0 Å². The van der Waals surface area contributed by atoms with E-state index in [9.17, 15) is 4.79 Å². The summed E-state index contributed by atoms with van der Waals surface area (Å²) in [5.74, 6) is 4.23. The lowest BCUT2D eigenvalue weighted by Crippen LogP contribution is -2.59. The molecule has 5 nitrogen and oxygen atoms in total. The van der Waals surface area contributed by atoms with Gasteiger partial charge < -0.3 is 15.5 Å². The van der Waals surface area contributed by atoms with Gasteiger partial charge in [-0.2, -0.15) is 11.8 Å². The highest BCUT2D eigenvalue weighted by molar-refractivity contribution is 7.99. The Balaban J connectivity index is 1.23. The Morgan fingerprint density at radius 1 is 1.29 bits per heavy atom. The van der Waals surface area contributed by atoms with Crippen LogP contribution in [0, 0.1) is 11.8 Å². The number of nitrogens with one attached hydrogen (secondary N) is 2. The van der Waals surface area contributed by atoms with E-state index in [1.54, 1.807) is 11.8 Å². The van der Waals surface area contributed by atoms with Crippen LogP contribution in [0.15, 0.2) is 29.2 Å². The Morgan fingerprint density at radius 3 is 2.89 bits per heavy atom. The van der Waals surface area contributed by atoms with Crippen molar-refractivity contribution in [2.24, 2.45) is 11.8 Å². The fourth-order valence-electron chi connectivity index (χ4n) is 4.87. The number of anilines is 1. The van der Waals surface area contributed by atoms with Gasteiger partial charge in [0.2, 0.25) is 0 Å². The summed E-state index contributed by atoms with van der Waals surface area (Å²) in [5.41, 5.74) is 0.856. The van der Waals surface area contributed by atoms with E-state index in [4.69, 9.17) is 0 Å². The number of fused-ring (bicyclic) bond motifs is 3. The molecule has 1 aromatic carbocycles. The fourth-order valence-corrected chi connectivity index (χ4v) is 6.31. The number of piperidine rings is 3. The quantitative estimate of drug-likeness (QED) is 0.692. The van der Waals surface area contributed by atoms with Gasteiger partial charge in [-0.15, -0.1) is 11.8 Å². The first-order valence-electron chi connectivity index (χ1n) is 10.4. The highest BCUT2D eigenvalue weighted by Crippen LogP contribution is 2.36. The third kappa shape index (κ3) is 5.17. The summed E-state index contributed by atoms with van der Waals surface area (Å²) in [4.78, 5) is 18.8. The van der Waals surface area contributed by atoms with Gasteiger partial charge in [-0.25, -0.2) is 4.79 Å². The minimum absolute atomic E-state index is 0.0942. The van der Waals surface area contributed by atoms with Crippen molar-refractivity contribution >= 4 is 35.2 Å². The summed E-state index contributed by atoms with van der Waals surface area (Å²) in [5, 5.41) is 6.08. The lowest BCUT2D eigenvalue weighted by molar-refractivity contribution is -0.00980. The van der Waals surface area contributed by atoms with Gasteiger partial charge in [-0.1, -0.05) is 6.07 Å². The molecule has 4 aliphatic rings. The normalized spacial score (nSPS) is 30.2. The van der Waals surface area contributed by atoms with Gasteiger partial charge in [0.1, 0.15) is 0 Å². The molecule has 1 aromatic rings. The molecule has 4 atom stereocenters. The Hall–Kier alpha value is -0.890. The maximum atomic E-state index is 12.3. The van der Waals surface area contributed by atoms with Gasteiger partial charge in [0.15, 0.2) is 0 Å². The smallest absolute Gasteiger partial charge is 0.319 e. The number of nitrogens with zero attached hydrogens (tertiary/aromatic N) is 2. The highest BCUT2D eigenvalue weighted by Gasteiger charge is 2.40. The van der Waals surface area contributed by atoms with Crippen molar-refractivity contribution in [2.45, 2.75) is 23.8 Å². The molecule has 2 amide bonds. The molecule has 154 valence electrons. The van der Waals surface area contributed by atoms with Crippen molar-refractivity contribution in [1.82, 2.24) is 15.1 Å². The summed E-state index contributed by atoms with van der Waals surface area (Å²) in [7, 11) is 0. The Labute approximate surface area is 177 Å². The molecule has 0 aromatic heterocycles. The van der Waals surface area contributed by atoms with Gasteiger partial charge in [0.25, 0.3) is 0 Å². The molecule has 28 heavy (non-hydrogen) atoms.